The fourth-order valence-corrected chi connectivity index (χ4v) is 3.64. The molecule has 5 heteroatoms. The average molecular weight is 390 g/mol. The van der Waals surface area contributed by atoms with Crippen LogP contribution >= 0.6 is 27.3 Å². The number of carbonyl (C=O) groups excluding carboxylic acids is 1. The molecule has 0 fully saturated rings. The van der Waals surface area contributed by atoms with Crippen molar-refractivity contribution in [2.45, 2.75) is 6.04 Å². The van der Waals surface area contributed by atoms with E-state index in [9.17, 15) is 9.18 Å². The predicted octanol–water partition coefficient (Wildman–Crippen LogP) is 5.17. The maximum atomic E-state index is 13.2. The number of hydrogen-bond acceptors (Lipinski definition) is 2. The first-order chi connectivity index (χ1) is 11.1. The number of rotatable bonds is 4. The number of hydrogen-bond donors (Lipinski definition) is 1. The minimum absolute atomic E-state index is 0.236. The Morgan fingerprint density at radius 1 is 1.09 bits per heavy atom. The van der Waals surface area contributed by atoms with Crippen LogP contribution in [0.15, 0.2) is 70.5 Å². The Morgan fingerprint density at radius 3 is 2.52 bits per heavy atom. The number of halogens is 2. The highest BCUT2D eigenvalue weighted by Gasteiger charge is 2.20. The summed E-state index contributed by atoms with van der Waals surface area (Å²) in [6.45, 7) is 0. The van der Waals surface area contributed by atoms with E-state index in [2.05, 4.69) is 21.2 Å². The van der Waals surface area contributed by atoms with Crippen LogP contribution in [0, 0.1) is 5.82 Å². The summed E-state index contributed by atoms with van der Waals surface area (Å²) in [7, 11) is 0. The number of thiophene rings is 1. The lowest BCUT2D eigenvalue weighted by atomic mass is 10.0. The van der Waals surface area contributed by atoms with Crippen LogP contribution < -0.4 is 5.32 Å². The van der Waals surface area contributed by atoms with E-state index in [0.717, 1.165) is 10.4 Å². The van der Waals surface area contributed by atoms with Gasteiger partial charge in [0.05, 0.1) is 11.6 Å². The zero-order valence-corrected chi connectivity index (χ0v) is 14.4. The van der Waals surface area contributed by atoms with Crippen LogP contribution in [-0.2, 0) is 0 Å². The first kappa shape index (κ1) is 15.9. The van der Waals surface area contributed by atoms with Crippen molar-refractivity contribution in [2.75, 3.05) is 0 Å². The van der Waals surface area contributed by atoms with Gasteiger partial charge in [-0.05, 0) is 51.1 Å². The summed E-state index contributed by atoms with van der Waals surface area (Å²) in [6, 6.07) is 17.5. The van der Waals surface area contributed by atoms with Gasteiger partial charge in [-0.2, -0.15) is 0 Å². The van der Waals surface area contributed by atoms with Gasteiger partial charge in [0.25, 0.3) is 5.91 Å². The highest BCUT2D eigenvalue weighted by atomic mass is 79.9. The molecule has 1 aromatic heterocycles. The molecule has 2 aromatic carbocycles. The highest BCUT2D eigenvalue weighted by molar-refractivity contribution is 9.10. The molecule has 1 atom stereocenters. The molecule has 1 unspecified atom stereocenters. The molecule has 2 nitrogen and oxygen atoms in total. The van der Waals surface area contributed by atoms with Gasteiger partial charge in [-0.1, -0.05) is 36.4 Å². The second kappa shape index (κ2) is 7.06. The SMILES string of the molecule is O=C(NC(c1ccccc1)c1cccs1)c1ccc(F)cc1Br. The van der Waals surface area contributed by atoms with E-state index in [1.807, 2.05) is 47.8 Å². The molecule has 1 heterocycles. The first-order valence-electron chi connectivity index (χ1n) is 6.99. The lowest BCUT2D eigenvalue weighted by Crippen LogP contribution is -2.29. The Hall–Kier alpha value is -1.98. The van der Waals surface area contributed by atoms with Crippen molar-refractivity contribution in [2.24, 2.45) is 0 Å². The van der Waals surface area contributed by atoms with Gasteiger partial charge in [-0.25, -0.2) is 4.39 Å². The average Bonchev–Trinajstić information content (AvgIpc) is 3.07. The lowest BCUT2D eigenvalue weighted by molar-refractivity contribution is 0.0942. The van der Waals surface area contributed by atoms with E-state index in [4.69, 9.17) is 0 Å². The molecule has 0 radical (unpaired) electrons. The standard InChI is InChI=1S/C18H13BrFNOS/c19-15-11-13(20)8-9-14(15)18(22)21-17(16-7-4-10-23-16)12-5-2-1-3-6-12/h1-11,17H,(H,21,22). The third kappa shape index (κ3) is 3.68. The van der Waals surface area contributed by atoms with E-state index >= 15 is 0 Å². The fraction of sp³-hybridized carbons (Fsp3) is 0.0556. The third-order valence-electron chi connectivity index (χ3n) is 3.41. The maximum Gasteiger partial charge on any atom is 0.253 e. The molecule has 3 aromatic rings. The molecule has 0 aliphatic heterocycles. The number of nitrogens with one attached hydrogen (secondary N) is 1. The van der Waals surface area contributed by atoms with Crippen molar-refractivity contribution in [3.63, 3.8) is 0 Å². The first-order valence-corrected chi connectivity index (χ1v) is 8.66. The largest absolute Gasteiger partial charge is 0.340 e. The van der Waals surface area contributed by atoms with Crippen molar-refractivity contribution in [3.8, 4) is 0 Å². The van der Waals surface area contributed by atoms with E-state index in [1.54, 1.807) is 11.3 Å². The second-order valence-electron chi connectivity index (χ2n) is 4.96. The Kier molecular flexibility index (Phi) is 4.88. The van der Waals surface area contributed by atoms with Gasteiger partial charge in [0.2, 0.25) is 0 Å². The number of amides is 1. The van der Waals surface area contributed by atoms with Crippen molar-refractivity contribution in [1.82, 2.24) is 5.32 Å². The Bertz CT molecular complexity index is 805. The second-order valence-corrected chi connectivity index (χ2v) is 6.79. The van der Waals surface area contributed by atoms with Gasteiger partial charge in [-0.15, -0.1) is 11.3 Å². The molecule has 0 aliphatic carbocycles. The third-order valence-corrected chi connectivity index (χ3v) is 5.01. The van der Waals surface area contributed by atoms with Crippen molar-refractivity contribution < 1.29 is 9.18 Å². The number of benzene rings is 2. The zero-order valence-electron chi connectivity index (χ0n) is 12.0. The highest BCUT2D eigenvalue weighted by Crippen LogP contribution is 2.27. The minimum Gasteiger partial charge on any atom is -0.340 e. The van der Waals surface area contributed by atoms with Crippen molar-refractivity contribution >= 4 is 33.2 Å². The maximum absolute atomic E-state index is 13.2. The summed E-state index contributed by atoms with van der Waals surface area (Å²) in [4.78, 5) is 13.6. The molecule has 3 rings (SSSR count). The van der Waals surface area contributed by atoms with Crippen LogP contribution in [0.3, 0.4) is 0 Å². The summed E-state index contributed by atoms with van der Waals surface area (Å²) < 4.78 is 13.6. The molecular formula is C18H13BrFNOS. The predicted molar refractivity (Wildman–Crippen MR) is 94.2 cm³/mol. The van der Waals surface area contributed by atoms with Crippen molar-refractivity contribution in [3.05, 3.63) is 92.3 Å². The van der Waals surface area contributed by atoms with Gasteiger partial charge in [0.1, 0.15) is 5.82 Å². The number of carbonyl (C=O) groups is 1. The molecule has 0 saturated heterocycles. The Balaban J connectivity index is 1.91. The van der Waals surface area contributed by atoms with Crippen LogP contribution in [0.1, 0.15) is 26.8 Å². The molecular weight excluding hydrogens is 377 g/mol. The van der Waals surface area contributed by atoms with Crippen LogP contribution in [0.5, 0.6) is 0 Å². The molecule has 116 valence electrons. The molecule has 0 aliphatic rings. The molecule has 0 bridgehead atoms. The van der Waals surface area contributed by atoms with Crippen LogP contribution in [0.2, 0.25) is 0 Å². The van der Waals surface area contributed by atoms with E-state index in [0.29, 0.717) is 10.0 Å². The van der Waals surface area contributed by atoms with Crippen LogP contribution in [0.25, 0.3) is 0 Å². The summed E-state index contributed by atoms with van der Waals surface area (Å²) in [5.41, 5.74) is 1.41. The van der Waals surface area contributed by atoms with E-state index < -0.39 is 0 Å². The van der Waals surface area contributed by atoms with Gasteiger partial charge in [0, 0.05) is 9.35 Å². The fourth-order valence-electron chi connectivity index (χ4n) is 2.30. The Morgan fingerprint density at radius 2 is 1.87 bits per heavy atom. The summed E-state index contributed by atoms with van der Waals surface area (Å²) in [5, 5.41) is 5.01. The summed E-state index contributed by atoms with van der Waals surface area (Å²) in [5.74, 6) is -0.634. The molecule has 0 spiro atoms. The molecule has 23 heavy (non-hydrogen) atoms. The lowest BCUT2D eigenvalue weighted by Gasteiger charge is -2.18. The quantitative estimate of drug-likeness (QED) is 0.655. The normalized spacial score (nSPS) is 11.9. The Labute approximate surface area is 146 Å². The van der Waals surface area contributed by atoms with Crippen LogP contribution in [0.4, 0.5) is 4.39 Å². The molecule has 1 amide bonds. The van der Waals surface area contributed by atoms with Gasteiger partial charge < -0.3 is 5.32 Å². The summed E-state index contributed by atoms with van der Waals surface area (Å²) in [6.07, 6.45) is 0. The smallest absolute Gasteiger partial charge is 0.253 e. The summed E-state index contributed by atoms with van der Waals surface area (Å²) >= 11 is 4.83. The van der Waals surface area contributed by atoms with Gasteiger partial charge in [0.15, 0.2) is 0 Å². The van der Waals surface area contributed by atoms with Gasteiger partial charge in [-0.3, -0.25) is 4.79 Å². The minimum atomic E-state index is -0.383. The molecule has 1 N–H and O–H groups in total. The van der Waals surface area contributed by atoms with Crippen LogP contribution in [-0.4, -0.2) is 5.91 Å². The van der Waals surface area contributed by atoms with E-state index in [1.165, 1.54) is 18.2 Å². The van der Waals surface area contributed by atoms with E-state index in [-0.39, 0.29) is 17.8 Å². The van der Waals surface area contributed by atoms with Crippen molar-refractivity contribution in [1.29, 1.82) is 0 Å². The monoisotopic (exact) mass is 389 g/mol. The molecule has 0 saturated carbocycles. The topological polar surface area (TPSA) is 29.1 Å². The van der Waals surface area contributed by atoms with Gasteiger partial charge >= 0.3 is 0 Å². The zero-order chi connectivity index (χ0) is 16.2.